The summed E-state index contributed by atoms with van der Waals surface area (Å²) in [6, 6.07) is 11.5. The highest BCUT2D eigenvalue weighted by Gasteiger charge is 2.50. The number of carbonyl (C=O) groups excluding carboxylic acids is 1. The molecule has 2 unspecified atom stereocenters. The second-order valence-electron chi connectivity index (χ2n) is 5.15. The van der Waals surface area contributed by atoms with E-state index in [2.05, 4.69) is 36.1 Å². The van der Waals surface area contributed by atoms with Gasteiger partial charge in [0.15, 0.2) is 0 Å². The number of benzene rings is 1. The number of β-lactam (4-membered cyclic amide) rings is 1. The average Bonchev–Trinajstić information content (AvgIpc) is 2.63. The molecule has 2 aliphatic rings. The van der Waals surface area contributed by atoms with Crippen LogP contribution in [0.5, 0.6) is 0 Å². The van der Waals surface area contributed by atoms with E-state index in [9.17, 15) is 4.79 Å². The molecule has 0 radical (unpaired) electrons. The molecule has 0 spiro atoms. The zero-order valence-electron chi connectivity index (χ0n) is 10.7. The SMILES string of the molecule is CCSC1CC2CC(=O)N2[C@H]1Cc1ccccc1. The Morgan fingerprint density at radius 1 is 1.33 bits per heavy atom. The predicted molar refractivity (Wildman–Crippen MR) is 75.7 cm³/mol. The van der Waals surface area contributed by atoms with E-state index in [4.69, 9.17) is 0 Å². The van der Waals surface area contributed by atoms with Crippen LogP contribution in [0, 0.1) is 0 Å². The van der Waals surface area contributed by atoms with Crippen LogP contribution in [0.15, 0.2) is 30.3 Å². The second-order valence-corrected chi connectivity index (χ2v) is 6.66. The van der Waals surface area contributed by atoms with E-state index in [0.717, 1.165) is 18.6 Å². The van der Waals surface area contributed by atoms with Crippen LogP contribution in [0.2, 0.25) is 0 Å². The molecule has 1 aromatic rings. The van der Waals surface area contributed by atoms with Gasteiger partial charge in [-0.05, 0) is 24.2 Å². The van der Waals surface area contributed by atoms with Crippen molar-refractivity contribution in [1.29, 1.82) is 0 Å². The largest absolute Gasteiger partial charge is 0.335 e. The lowest BCUT2D eigenvalue weighted by Gasteiger charge is -2.39. The van der Waals surface area contributed by atoms with Crippen molar-refractivity contribution in [3.8, 4) is 0 Å². The summed E-state index contributed by atoms with van der Waals surface area (Å²) in [6.45, 7) is 2.21. The standard InChI is InChI=1S/C15H19NOS/c1-2-18-14-9-12-10-15(17)16(12)13(14)8-11-6-4-3-5-7-11/h3-7,12-14H,2,8-10H2,1H3/t12?,13-,14?/m0/s1. The number of rotatable bonds is 4. The maximum Gasteiger partial charge on any atom is 0.225 e. The molecule has 96 valence electrons. The molecule has 2 aliphatic heterocycles. The highest BCUT2D eigenvalue weighted by Crippen LogP contribution is 2.41. The molecule has 2 heterocycles. The molecule has 0 N–H and O–H groups in total. The average molecular weight is 261 g/mol. The van der Waals surface area contributed by atoms with Crippen molar-refractivity contribution in [2.24, 2.45) is 0 Å². The smallest absolute Gasteiger partial charge is 0.225 e. The summed E-state index contributed by atoms with van der Waals surface area (Å²) in [7, 11) is 0. The topological polar surface area (TPSA) is 20.3 Å². The molecule has 1 aromatic carbocycles. The molecular formula is C15H19NOS. The zero-order valence-corrected chi connectivity index (χ0v) is 11.5. The van der Waals surface area contributed by atoms with Crippen LogP contribution < -0.4 is 0 Å². The first kappa shape index (κ1) is 12.1. The lowest BCUT2D eigenvalue weighted by molar-refractivity contribution is -0.145. The number of hydrogen-bond acceptors (Lipinski definition) is 2. The van der Waals surface area contributed by atoms with E-state index in [1.54, 1.807) is 0 Å². The normalized spacial score (nSPS) is 30.2. The van der Waals surface area contributed by atoms with Gasteiger partial charge in [0, 0.05) is 23.8 Å². The van der Waals surface area contributed by atoms with Crippen molar-refractivity contribution in [2.75, 3.05) is 5.75 Å². The minimum absolute atomic E-state index is 0.361. The van der Waals surface area contributed by atoms with Gasteiger partial charge in [0.25, 0.3) is 0 Å². The first-order valence-electron chi connectivity index (χ1n) is 6.76. The number of thioether (sulfide) groups is 1. The molecule has 0 aliphatic carbocycles. The van der Waals surface area contributed by atoms with Crippen LogP contribution >= 0.6 is 11.8 Å². The van der Waals surface area contributed by atoms with E-state index in [1.807, 2.05) is 17.8 Å². The van der Waals surface area contributed by atoms with Crippen molar-refractivity contribution in [3.05, 3.63) is 35.9 Å². The Morgan fingerprint density at radius 2 is 2.11 bits per heavy atom. The van der Waals surface area contributed by atoms with Crippen molar-refractivity contribution in [2.45, 2.75) is 43.5 Å². The summed E-state index contributed by atoms with van der Waals surface area (Å²) >= 11 is 2.02. The van der Waals surface area contributed by atoms with Crippen LogP contribution in [-0.2, 0) is 11.2 Å². The zero-order chi connectivity index (χ0) is 12.5. The molecule has 2 nitrogen and oxygen atoms in total. The molecule has 0 aromatic heterocycles. The van der Waals surface area contributed by atoms with E-state index in [0.29, 0.717) is 23.2 Å². The third kappa shape index (κ3) is 2.05. The number of amides is 1. The van der Waals surface area contributed by atoms with Crippen LogP contribution in [0.3, 0.4) is 0 Å². The van der Waals surface area contributed by atoms with Gasteiger partial charge in [-0.25, -0.2) is 0 Å². The Bertz CT molecular complexity index is 433. The second kappa shape index (κ2) is 4.96. The Kier molecular flexibility index (Phi) is 3.33. The summed E-state index contributed by atoms with van der Waals surface area (Å²) in [4.78, 5) is 13.9. The minimum atomic E-state index is 0.361. The van der Waals surface area contributed by atoms with E-state index in [-0.39, 0.29) is 0 Å². The molecule has 3 rings (SSSR count). The Labute approximate surface area is 113 Å². The van der Waals surface area contributed by atoms with Gasteiger partial charge >= 0.3 is 0 Å². The van der Waals surface area contributed by atoms with Crippen molar-refractivity contribution < 1.29 is 4.79 Å². The molecule has 2 fully saturated rings. The highest BCUT2D eigenvalue weighted by atomic mass is 32.2. The molecule has 3 atom stereocenters. The fourth-order valence-corrected chi connectivity index (χ4v) is 4.47. The Balaban J connectivity index is 1.76. The number of carbonyl (C=O) groups is 1. The third-order valence-electron chi connectivity index (χ3n) is 4.05. The molecule has 2 saturated heterocycles. The van der Waals surface area contributed by atoms with Crippen molar-refractivity contribution in [1.82, 2.24) is 4.90 Å². The van der Waals surface area contributed by atoms with Crippen LogP contribution in [0.1, 0.15) is 25.3 Å². The number of nitrogens with zero attached hydrogens (tertiary/aromatic N) is 1. The third-order valence-corrected chi connectivity index (χ3v) is 5.32. The van der Waals surface area contributed by atoms with Gasteiger partial charge in [-0.15, -0.1) is 0 Å². The molecule has 18 heavy (non-hydrogen) atoms. The van der Waals surface area contributed by atoms with Gasteiger partial charge < -0.3 is 4.90 Å². The first-order chi connectivity index (χ1) is 8.79. The lowest BCUT2D eigenvalue weighted by Crippen LogP contribution is -2.53. The molecule has 1 amide bonds. The fourth-order valence-electron chi connectivity index (χ4n) is 3.23. The van der Waals surface area contributed by atoms with Gasteiger partial charge in [-0.3, -0.25) is 4.79 Å². The van der Waals surface area contributed by atoms with E-state index in [1.165, 1.54) is 12.0 Å². The number of hydrogen-bond donors (Lipinski definition) is 0. The molecule has 3 heteroatoms. The van der Waals surface area contributed by atoms with Gasteiger partial charge in [0.1, 0.15) is 0 Å². The number of fused-ring (bicyclic) bond motifs is 1. The van der Waals surface area contributed by atoms with E-state index < -0.39 is 0 Å². The summed E-state index contributed by atoms with van der Waals surface area (Å²) in [5.74, 6) is 1.50. The maximum absolute atomic E-state index is 11.8. The van der Waals surface area contributed by atoms with Crippen LogP contribution in [0.4, 0.5) is 0 Å². The quantitative estimate of drug-likeness (QED) is 0.777. The first-order valence-corrected chi connectivity index (χ1v) is 7.81. The molecule has 0 saturated carbocycles. The van der Waals surface area contributed by atoms with Gasteiger partial charge in [0.05, 0.1) is 0 Å². The van der Waals surface area contributed by atoms with Crippen molar-refractivity contribution in [3.63, 3.8) is 0 Å². The Morgan fingerprint density at radius 3 is 2.78 bits per heavy atom. The van der Waals surface area contributed by atoms with Gasteiger partial charge in [0.2, 0.25) is 5.91 Å². The van der Waals surface area contributed by atoms with Crippen LogP contribution in [-0.4, -0.2) is 33.9 Å². The van der Waals surface area contributed by atoms with Crippen molar-refractivity contribution >= 4 is 17.7 Å². The predicted octanol–water partition coefficient (Wildman–Crippen LogP) is 2.72. The van der Waals surface area contributed by atoms with Gasteiger partial charge in [-0.2, -0.15) is 11.8 Å². The summed E-state index contributed by atoms with van der Waals surface area (Å²) in [5, 5.41) is 0.631. The van der Waals surface area contributed by atoms with Gasteiger partial charge in [-0.1, -0.05) is 37.3 Å². The highest BCUT2D eigenvalue weighted by molar-refractivity contribution is 7.99. The maximum atomic E-state index is 11.8. The molecule has 0 bridgehead atoms. The monoisotopic (exact) mass is 261 g/mol. The van der Waals surface area contributed by atoms with E-state index >= 15 is 0 Å². The molecular weight excluding hydrogens is 242 g/mol. The summed E-state index contributed by atoms with van der Waals surface area (Å²) in [5.41, 5.74) is 1.35. The lowest BCUT2D eigenvalue weighted by atomic mass is 10.0. The minimum Gasteiger partial charge on any atom is -0.335 e. The fraction of sp³-hybridized carbons (Fsp3) is 0.533. The van der Waals surface area contributed by atoms with Crippen LogP contribution in [0.25, 0.3) is 0 Å². The summed E-state index contributed by atoms with van der Waals surface area (Å²) in [6.07, 6.45) is 2.99. The Hall–Kier alpha value is -0.960. The summed E-state index contributed by atoms with van der Waals surface area (Å²) < 4.78 is 0.